The van der Waals surface area contributed by atoms with E-state index in [0.29, 0.717) is 0 Å². The van der Waals surface area contributed by atoms with Gasteiger partial charge in [0.05, 0.1) is 11.5 Å². The molecule has 78 valence electrons. The van der Waals surface area contributed by atoms with Gasteiger partial charge in [-0.25, -0.2) is 0 Å². The first-order chi connectivity index (χ1) is 7.26. The van der Waals surface area contributed by atoms with E-state index in [2.05, 4.69) is 37.3 Å². The van der Waals surface area contributed by atoms with Crippen molar-refractivity contribution in [2.45, 2.75) is 39.0 Å². The van der Waals surface area contributed by atoms with Crippen LogP contribution in [0, 0.1) is 23.7 Å². The zero-order valence-electron chi connectivity index (χ0n) is 9.29. The second kappa shape index (κ2) is 4.06. The molecule has 0 heterocycles. The van der Waals surface area contributed by atoms with Gasteiger partial charge >= 0.3 is 0 Å². The predicted molar refractivity (Wildman–Crippen MR) is 61.4 cm³/mol. The van der Waals surface area contributed by atoms with Crippen molar-refractivity contribution in [2.75, 3.05) is 0 Å². The lowest BCUT2D eigenvalue weighted by molar-refractivity contribution is 0.407. The maximum atomic E-state index is 9.32. The standard InChI is InChI=1S/C14H17N/c1-12-6-2-3-7-13(12)10-14(11-15)8-4-5-9-14/h2-3,6-7H,4-5,8-10H2,1H3. The van der Waals surface area contributed by atoms with E-state index in [1.54, 1.807) is 0 Å². The fraction of sp³-hybridized carbons (Fsp3) is 0.500. The highest BCUT2D eigenvalue weighted by Gasteiger charge is 2.34. The van der Waals surface area contributed by atoms with Crippen LogP contribution >= 0.6 is 0 Å². The highest BCUT2D eigenvalue weighted by molar-refractivity contribution is 5.28. The minimum atomic E-state index is -0.0634. The van der Waals surface area contributed by atoms with Crippen molar-refractivity contribution in [3.8, 4) is 6.07 Å². The molecule has 0 aromatic heterocycles. The molecule has 1 saturated carbocycles. The molecule has 0 atom stereocenters. The number of aryl methyl sites for hydroxylation is 1. The summed E-state index contributed by atoms with van der Waals surface area (Å²) in [5.41, 5.74) is 2.60. The number of hydrogen-bond donors (Lipinski definition) is 0. The van der Waals surface area contributed by atoms with Crippen molar-refractivity contribution in [3.63, 3.8) is 0 Å². The van der Waals surface area contributed by atoms with Gasteiger partial charge in [-0.1, -0.05) is 37.1 Å². The maximum absolute atomic E-state index is 9.32. The first-order valence-electron chi connectivity index (χ1n) is 5.72. The summed E-state index contributed by atoms with van der Waals surface area (Å²) < 4.78 is 0. The molecular formula is C14H17N. The van der Waals surface area contributed by atoms with Crippen LogP contribution in [-0.4, -0.2) is 0 Å². The van der Waals surface area contributed by atoms with Crippen LogP contribution in [0.15, 0.2) is 24.3 Å². The largest absolute Gasteiger partial charge is 0.198 e. The molecule has 0 unspecified atom stereocenters. The van der Waals surface area contributed by atoms with Crippen molar-refractivity contribution in [1.29, 1.82) is 5.26 Å². The molecule has 0 N–H and O–H groups in total. The van der Waals surface area contributed by atoms with Gasteiger partial charge in [0.25, 0.3) is 0 Å². The first-order valence-corrected chi connectivity index (χ1v) is 5.72. The third kappa shape index (κ3) is 2.04. The Morgan fingerprint density at radius 3 is 2.53 bits per heavy atom. The summed E-state index contributed by atoms with van der Waals surface area (Å²) in [6.45, 7) is 2.13. The molecular weight excluding hydrogens is 182 g/mol. The van der Waals surface area contributed by atoms with Crippen molar-refractivity contribution in [3.05, 3.63) is 35.4 Å². The Labute approximate surface area is 91.7 Å². The van der Waals surface area contributed by atoms with Crippen molar-refractivity contribution in [2.24, 2.45) is 5.41 Å². The molecule has 1 aliphatic rings. The van der Waals surface area contributed by atoms with Crippen molar-refractivity contribution in [1.82, 2.24) is 0 Å². The SMILES string of the molecule is Cc1ccccc1CC1(C#N)CCCC1. The number of nitriles is 1. The van der Waals surface area contributed by atoms with E-state index in [1.807, 2.05) is 0 Å². The van der Waals surface area contributed by atoms with Crippen LogP contribution < -0.4 is 0 Å². The fourth-order valence-corrected chi connectivity index (χ4v) is 2.55. The summed E-state index contributed by atoms with van der Waals surface area (Å²) in [5, 5.41) is 9.32. The maximum Gasteiger partial charge on any atom is 0.0693 e. The summed E-state index contributed by atoms with van der Waals surface area (Å²) in [5.74, 6) is 0. The summed E-state index contributed by atoms with van der Waals surface area (Å²) in [6, 6.07) is 11.0. The van der Waals surface area contributed by atoms with Crippen LogP contribution in [0.3, 0.4) is 0 Å². The van der Waals surface area contributed by atoms with Gasteiger partial charge in [0, 0.05) is 0 Å². The van der Waals surface area contributed by atoms with Crippen molar-refractivity contribution >= 4 is 0 Å². The monoisotopic (exact) mass is 199 g/mol. The van der Waals surface area contributed by atoms with Crippen LogP contribution in [0.4, 0.5) is 0 Å². The lowest BCUT2D eigenvalue weighted by Gasteiger charge is -2.21. The van der Waals surface area contributed by atoms with Crippen LogP contribution in [0.2, 0.25) is 0 Å². The minimum Gasteiger partial charge on any atom is -0.198 e. The molecule has 0 saturated heterocycles. The molecule has 1 aromatic rings. The van der Waals surface area contributed by atoms with E-state index < -0.39 is 0 Å². The molecule has 0 bridgehead atoms. The zero-order chi connectivity index (χ0) is 10.7. The predicted octanol–water partition coefficient (Wildman–Crippen LogP) is 3.62. The Kier molecular flexibility index (Phi) is 2.77. The summed E-state index contributed by atoms with van der Waals surface area (Å²) >= 11 is 0. The third-order valence-electron chi connectivity index (χ3n) is 3.59. The van der Waals surface area contributed by atoms with E-state index in [1.165, 1.54) is 24.0 Å². The molecule has 15 heavy (non-hydrogen) atoms. The Morgan fingerprint density at radius 2 is 1.93 bits per heavy atom. The lowest BCUT2D eigenvalue weighted by Crippen LogP contribution is -2.17. The molecule has 2 rings (SSSR count). The normalized spacial score (nSPS) is 18.7. The van der Waals surface area contributed by atoms with Gasteiger partial charge in [0.2, 0.25) is 0 Å². The second-order valence-electron chi connectivity index (χ2n) is 4.70. The molecule has 1 fully saturated rings. The molecule has 1 nitrogen and oxygen atoms in total. The van der Waals surface area contributed by atoms with Gasteiger partial charge in [0.15, 0.2) is 0 Å². The smallest absolute Gasteiger partial charge is 0.0693 e. The number of nitrogens with zero attached hydrogens (tertiary/aromatic N) is 1. The summed E-state index contributed by atoms with van der Waals surface area (Å²) in [7, 11) is 0. The molecule has 0 radical (unpaired) electrons. The Morgan fingerprint density at radius 1 is 1.27 bits per heavy atom. The van der Waals surface area contributed by atoms with E-state index >= 15 is 0 Å². The number of benzene rings is 1. The van der Waals surface area contributed by atoms with Crippen LogP contribution in [0.5, 0.6) is 0 Å². The van der Waals surface area contributed by atoms with E-state index in [0.717, 1.165) is 19.3 Å². The quantitative estimate of drug-likeness (QED) is 0.713. The van der Waals surface area contributed by atoms with E-state index in [4.69, 9.17) is 0 Å². The Balaban J connectivity index is 2.21. The fourth-order valence-electron chi connectivity index (χ4n) is 2.55. The van der Waals surface area contributed by atoms with Crippen LogP contribution in [0.1, 0.15) is 36.8 Å². The highest BCUT2D eigenvalue weighted by atomic mass is 14.4. The first kappa shape index (κ1) is 10.2. The van der Waals surface area contributed by atoms with Gasteiger partial charge < -0.3 is 0 Å². The third-order valence-corrected chi connectivity index (χ3v) is 3.59. The molecule has 0 spiro atoms. The van der Waals surface area contributed by atoms with Gasteiger partial charge in [-0.15, -0.1) is 0 Å². The lowest BCUT2D eigenvalue weighted by atomic mass is 9.80. The minimum absolute atomic E-state index is 0.0634. The average Bonchev–Trinajstić information content (AvgIpc) is 2.71. The molecule has 1 aliphatic carbocycles. The zero-order valence-corrected chi connectivity index (χ0v) is 9.29. The summed E-state index contributed by atoms with van der Waals surface area (Å²) in [6.07, 6.45) is 5.55. The Bertz CT molecular complexity index is 381. The van der Waals surface area contributed by atoms with Gasteiger partial charge in [-0.2, -0.15) is 5.26 Å². The summed E-state index contributed by atoms with van der Waals surface area (Å²) in [4.78, 5) is 0. The number of hydrogen-bond acceptors (Lipinski definition) is 1. The molecule has 1 aromatic carbocycles. The van der Waals surface area contributed by atoms with Crippen molar-refractivity contribution < 1.29 is 0 Å². The van der Waals surface area contributed by atoms with Gasteiger partial charge in [0.1, 0.15) is 0 Å². The van der Waals surface area contributed by atoms with Gasteiger partial charge in [-0.3, -0.25) is 0 Å². The Hall–Kier alpha value is -1.29. The van der Waals surface area contributed by atoms with Crippen LogP contribution in [0.25, 0.3) is 0 Å². The molecule has 0 aliphatic heterocycles. The number of rotatable bonds is 2. The average molecular weight is 199 g/mol. The van der Waals surface area contributed by atoms with Gasteiger partial charge in [-0.05, 0) is 37.3 Å². The van der Waals surface area contributed by atoms with E-state index in [-0.39, 0.29) is 5.41 Å². The van der Waals surface area contributed by atoms with Crippen LogP contribution in [-0.2, 0) is 6.42 Å². The second-order valence-corrected chi connectivity index (χ2v) is 4.70. The molecule has 0 amide bonds. The van der Waals surface area contributed by atoms with E-state index in [9.17, 15) is 5.26 Å². The topological polar surface area (TPSA) is 23.8 Å². The molecule has 1 heteroatoms. The highest BCUT2D eigenvalue weighted by Crippen LogP contribution is 2.40.